The molecule has 0 aromatic carbocycles. The van der Waals surface area contributed by atoms with Crippen molar-refractivity contribution in [1.82, 2.24) is 0 Å². The second-order valence-corrected chi connectivity index (χ2v) is 4.19. The highest BCUT2D eigenvalue weighted by Crippen LogP contribution is 2.40. The van der Waals surface area contributed by atoms with Crippen molar-refractivity contribution in [2.75, 3.05) is 0 Å². The first-order valence-electron chi connectivity index (χ1n) is 4.00. The van der Waals surface area contributed by atoms with Gasteiger partial charge in [-0.25, -0.2) is 4.57 Å². The van der Waals surface area contributed by atoms with E-state index in [1.807, 2.05) is 0 Å². The highest BCUT2D eigenvalue weighted by atomic mass is 31.2. The van der Waals surface area contributed by atoms with E-state index < -0.39 is 26.0 Å². The number of carboxylic acids is 1. The van der Waals surface area contributed by atoms with Crippen LogP contribution < -0.4 is 0 Å². The fourth-order valence-corrected chi connectivity index (χ4v) is 1.67. The Morgan fingerprint density at radius 1 is 1.60 bits per heavy atom. The maximum atomic E-state index is 10.5. The molecule has 4 N–H and O–H groups in total. The number of carbonyl (C=O) groups is 1. The van der Waals surface area contributed by atoms with Crippen molar-refractivity contribution in [3.8, 4) is 0 Å². The van der Waals surface area contributed by atoms with Gasteiger partial charge in [0.15, 0.2) is 0 Å². The van der Waals surface area contributed by atoms with Crippen LogP contribution in [0.5, 0.6) is 0 Å². The van der Waals surface area contributed by atoms with Crippen LogP contribution in [0.1, 0.15) is 6.42 Å². The first-order valence-corrected chi connectivity index (χ1v) is 5.53. The molecule has 0 spiro atoms. The summed E-state index contributed by atoms with van der Waals surface area (Å²) in [7, 11) is -4.74. The molecular formula is C7H10O7P-. The molecule has 0 unspecified atom stereocenters. The third kappa shape index (κ3) is 3.65. The molecule has 1 aliphatic carbocycles. The lowest BCUT2D eigenvalue weighted by molar-refractivity contribution is -0.132. The number of phosphoric acid groups is 1. The Balaban J connectivity index is 2.81. The largest absolute Gasteiger partial charge is 0.535 e. The Bertz CT molecular complexity index is 330. The molecule has 1 aliphatic rings. The molecule has 0 aromatic rings. The molecule has 0 saturated carbocycles. The molecule has 2 atom stereocenters. The summed E-state index contributed by atoms with van der Waals surface area (Å²) in [5.41, 5.74) is -0.140. The van der Waals surface area contributed by atoms with Gasteiger partial charge in [0, 0.05) is 0 Å². The zero-order chi connectivity index (χ0) is 11.6. The summed E-state index contributed by atoms with van der Waals surface area (Å²) >= 11 is 0. The summed E-state index contributed by atoms with van der Waals surface area (Å²) in [4.78, 5) is 27.5. The van der Waals surface area contributed by atoms with Crippen LogP contribution in [0.4, 0.5) is 0 Å². The fourth-order valence-electron chi connectivity index (χ4n) is 1.16. The van der Waals surface area contributed by atoms with E-state index in [4.69, 9.17) is 14.9 Å². The molecule has 0 radical (unpaired) electrons. The lowest BCUT2D eigenvalue weighted by atomic mass is 9.95. The topological polar surface area (TPSA) is 124 Å². The Kier molecular flexibility index (Phi) is 3.54. The van der Waals surface area contributed by atoms with Gasteiger partial charge in [0.2, 0.25) is 5.97 Å². The minimum Gasteiger partial charge on any atom is -0.535 e. The maximum Gasteiger partial charge on any atom is 0.469 e. The molecule has 0 fully saturated rings. The van der Waals surface area contributed by atoms with Crippen LogP contribution in [-0.2, 0) is 13.9 Å². The highest BCUT2D eigenvalue weighted by Gasteiger charge is 2.26. The van der Waals surface area contributed by atoms with Crippen LogP contribution in [0.2, 0.25) is 0 Å². The minimum atomic E-state index is -4.74. The van der Waals surface area contributed by atoms with Gasteiger partial charge in [-0.2, -0.15) is 6.42 Å². The van der Waals surface area contributed by atoms with Gasteiger partial charge in [0.1, 0.15) is 0 Å². The Morgan fingerprint density at radius 3 is 2.67 bits per heavy atom. The van der Waals surface area contributed by atoms with Gasteiger partial charge in [-0.05, 0) is 0 Å². The minimum absolute atomic E-state index is 0.0250. The molecule has 0 amide bonds. The first-order chi connectivity index (χ1) is 6.79. The van der Waals surface area contributed by atoms with Crippen molar-refractivity contribution >= 4 is 13.8 Å². The predicted molar refractivity (Wildman–Crippen MR) is 47.6 cm³/mol. The molecule has 0 aromatic heterocycles. The maximum absolute atomic E-state index is 10.5. The molecule has 0 heterocycles. The number of carboxylic acid groups (broad SMARTS) is 1. The van der Waals surface area contributed by atoms with Crippen LogP contribution in [0.25, 0.3) is 0 Å². The normalized spacial score (nSPS) is 26.7. The van der Waals surface area contributed by atoms with Gasteiger partial charge >= 0.3 is 7.82 Å². The number of aliphatic hydroxyl groups is 1. The van der Waals surface area contributed by atoms with E-state index in [9.17, 15) is 14.5 Å². The van der Waals surface area contributed by atoms with Crippen molar-refractivity contribution < 1.29 is 33.9 Å². The van der Waals surface area contributed by atoms with Crippen molar-refractivity contribution in [2.45, 2.75) is 18.6 Å². The molecule has 1 rings (SSSR count). The molecule has 0 saturated heterocycles. The summed E-state index contributed by atoms with van der Waals surface area (Å²) in [6.07, 6.45) is -0.257. The molecule has 7 nitrogen and oxygen atoms in total. The Hall–Kier alpha value is -0.850. The summed E-state index contributed by atoms with van der Waals surface area (Å²) < 4.78 is 14.7. The number of aliphatic hydroxyl groups excluding tert-OH is 1. The van der Waals surface area contributed by atoms with E-state index in [0.717, 1.165) is 6.08 Å². The van der Waals surface area contributed by atoms with Crippen molar-refractivity contribution in [1.29, 1.82) is 0 Å². The van der Waals surface area contributed by atoms with E-state index in [-0.39, 0.29) is 12.0 Å². The van der Waals surface area contributed by atoms with E-state index >= 15 is 0 Å². The number of hydrogen-bond acceptors (Lipinski definition) is 4. The van der Waals surface area contributed by atoms with Crippen molar-refractivity contribution in [3.05, 3.63) is 18.1 Å². The lowest BCUT2D eigenvalue weighted by Crippen LogP contribution is -2.31. The Labute approximate surface area is 85.2 Å². The number of hydrogen-bond donors (Lipinski definition) is 4. The summed E-state index contributed by atoms with van der Waals surface area (Å²) in [6, 6.07) is 0. The average Bonchev–Trinajstić information content (AvgIpc) is 2.06. The average molecular weight is 237 g/mol. The number of aliphatic carboxylic acids is 1. The Morgan fingerprint density at radius 2 is 2.20 bits per heavy atom. The SMILES string of the molecule is O=C(O)C1=C[C@@H](OP(=O)(O)O)[C@@H](O)C[CH-]1. The fraction of sp³-hybridized carbons (Fsp3) is 0.429. The van der Waals surface area contributed by atoms with Crippen LogP contribution in [-0.4, -0.2) is 38.2 Å². The van der Waals surface area contributed by atoms with Gasteiger partial charge in [-0.1, -0.05) is 6.42 Å². The monoisotopic (exact) mass is 237 g/mol. The number of rotatable bonds is 3. The number of phosphoric ester groups is 1. The molecule has 0 aliphatic heterocycles. The summed E-state index contributed by atoms with van der Waals surface area (Å²) in [5.74, 6) is -1.23. The molecule has 15 heavy (non-hydrogen) atoms. The first kappa shape index (κ1) is 12.2. The second-order valence-electron chi connectivity index (χ2n) is 2.99. The van der Waals surface area contributed by atoms with Crippen LogP contribution in [0.15, 0.2) is 11.6 Å². The second kappa shape index (κ2) is 4.34. The van der Waals surface area contributed by atoms with Gasteiger partial charge in [0.25, 0.3) is 0 Å². The third-order valence-electron chi connectivity index (χ3n) is 1.81. The zero-order valence-corrected chi connectivity index (χ0v) is 8.37. The van der Waals surface area contributed by atoms with E-state index in [2.05, 4.69) is 4.52 Å². The predicted octanol–water partition coefficient (Wildman–Crippen LogP) is -0.556. The van der Waals surface area contributed by atoms with Crippen LogP contribution in [0, 0.1) is 6.42 Å². The standard InChI is InChI=1S/C7H10O7P/c8-5-2-1-4(7(9)10)3-6(5)14-15(11,12)13/h1,3,5-6,8H,2H2,(H,9,10)(H2,11,12,13)/q-1/t5-,6+/m0/s1. The molecular weight excluding hydrogens is 227 g/mol. The van der Waals surface area contributed by atoms with Crippen LogP contribution in [0.3, 0.4) is 0 Å². The third-order valence-corrected chi connectivity index (χ3v) is 2.33. The molecule has 86 valence electrons. The van der Waals surface area contributed by atoms with E-state index in [1.54, 1.807) is 0 Å². The van der Waals surface area contributed by atoms with Crippen molar-refractivity contribution in [2.24, 2.45) is 0 Å². The summed E-state index contributed by atoms with van der Waals surface area (Å²) in [6.45, 7) is 0. The smallest absolute Gasteiger partial charge is 0.469 e. The van der Waals surface area contributed by atoms with Gasteiger partial charge in [-0.3, -0.25) is 4.52 Å². The van der Waals surface area contributed by atoms with Gasteiger partial charge in [-0.15, -0.1) is 11.6 Å². The van der Waals surface area contributed by atoms with Crippen LogP contribution >= 0.6 is 7.82 Å². The summed E-state index contributed by atoms with van der Waals surface area (Å²) in [5, 5.41) is 17.9. The quantitative estimate of drug-likeness (QED) is 0.383. The lowest BCUT2D eigenvalue weighted by Gasteiger charge is -2.30. The van der Waals surface area contributed by atoms with E-state index in [1.165, 1.54) is 6.42 Å². The van der Waals surface area contributed by atoms with Crippen molar-refractivity contribution in [3.63, 3.8) is 0 Å². The molecule has 8 heteroatoms. The van der Waals surface area contributed by atoms with Gasteiger partial charge < -0.3 is 24.8 Å². The zero-order valence-electron chi connectivity index (χ0n) is 7.48. The van der Waals surface area contributed by atoms with Gasteiger partial charge in [0.05, 0.1) is 12.2 Å². The molecule has 0 bridgehead atoms. The van der Waals surface area contributed by atoms with E-state index in [0.29, 0.717) is 0 Å². The highest BCUT2D eigenvalue weighted by molar-refractivity contribution is 7.46.